The van der Waals surface area contributed by atoms with Crippen LogP contribution in [0.25, 0.3) is 5.69 Å². The van der Waals surface area contributed by atoms with Crippen molar-refractivity contribution in [3.8, 4) is 11.4 Å². The quantitative estimate of drug-likeness (QED) is 0.751. The molecule has 3 rings (SSSR count). The van der Waals surface area contributed by atoms with Crippen molar-refractivity contribution in [1.29, 1.82) is 0 Å². The maximum Gasteiger partial charge on any atom is 0.214 e. The predicted octanol–water partition coefficient (Wildman–Crippen LogP) is 2.80. The summed E-state index contributed by atoms with van der Waals surface area (Å²) in [7, 11) is 0. The SMILES string of the molecule is Oc1ccc(-n2nnnc2SCc2cccc(F)c2)cc1. The van der Waals surface area contributed by atoms with E-state index in [1.807, 2.05) is 6.07 Å². The van der Waals surface area contributed by atoms with E-state index in [9.17, 15) is 9.50 Å². The van der Waals surface area contributed by atoms with Crippen LogP contribution in [0, 0.1) is 5.82 Å². The molecule has 0 radical (unpaired) electrons. The summed E-state index contributed by atoms with van der Waals surface area (Å²) in [5.41, 5.74) is 1.61. The summed E-state index contributed by atoms with van der Waals surface area (Å²) < 4.78 is 14.7. The number of tetrazole rings is 1. The van der Waals surface area contributed by atoms with E-state index in [4.69, 9.17) is 0 Å². The van der Waals surface area contributed by atoms with Gasteiger partial charge in [0.15, 0.2) is 0 Å². The largest absolute Gasteiger partial charge is 0.508 e. The normalized spacial score (nSPS) is 10.7. The Bertz CT molecular complexity index is 745. The highest BCUT2D eigenvalue weighted by Crippen LogP contribution is 2.23. The molecule has 5 nitrogen and oxygen atoms in total. The summed E-state index contributed by atoms with van der Waals surface area (Å²) in [4.78, 5) is 0. The first-order valence-electron chi connectivity index (χ1n) is 6.17. The molecule has 0 fully saturated rings. The van der Waals surface area contributed by atoms with Gasteiger partial charge in [-0.3, -0.25) is 0 Å². The van der Waals surface area contributed by atoms with Crippen LogP contribution >= 0.6 is 11.8 Å². The number of halogens is 1. The highest BCUT2D eigenvalue weighted by molar-refractivity contribution is 7.98. The number of nitrogens with zero attached hydrogens (tertiary/aromatic N) is 4. The minimum absolute atomic E-state index is 0.181. The van der Waals surface area contributed by atoms with E-state index < -0.39 is 0 Å². The van der Waals surface area contributed by atoms with Crippen molar-refractivity contribution in [2.45, 2.75) is 10.9 Å². The standard InChI is InChI=1S/C14H11FN4OS/c15-11-3-1-2-10(8-11)9-21-14-16-17-18-19(14)12-4-6-13(20)7-5-12/h1-8,20H,9H2. The van der Waals surface area contributed by atoms with E-state index in [-0.39, 0.29) is 11.6 Å². The Morgan fingerprint density at radius 1 is 1.14 bits per heavy atom. The van der Waals surface area contributed by atoms with Crippen LogP contribution in [-0.2, 0) is 5.75 Å². The van der Waals surface area contributed by atoms with Crippen LogP contribution in [0.2, 0.25) is 0 Å². The Labute approximate surface area is 124 Å². The van der Waals surface area contributed by atoms with Gasteiger partial charge in [-0.15, -0.1) is 5.10 Å². The van der Waals surface area contributed by atoms with Crippen molar-refractivity contribution in [3.05, 3.63) is 59.9 Å². The van der Waals surface area contributed by atoms with Gasteiger partial charge >= 0.3 is 0 Å². The number of benzene rings is 2. The second kappa shape index (κ2) is 5.92. The topological polar surface area (TPSA) is 63.8 Å². The molecule has 0 amide bonds. The van der Waals surface area contributed by atoms with Crippen molar-refractivity contribution in [3.63, 3.8) is 0 Å². The van der Waals surface area contributed by atoms with Gasteiger partial charge in [0, 0.05) is 5.75 Å². The van der Waals surface area contributed by atoms with E-state index in [1.165, 1.54) is 23.9 Å². The maximum atomic E-state index is 13.1. The molecule has 0 spiro atoms. The summed E-state index contributed by atoms with van der Waals surface area (Å²) in [5, 5.41) is 21.4. The molecule has 1 heterocycles. The van der Waals surface area contributed by atoms with Crippen molar-refractivity contribution in [1.82, 2.24) is 20.2 Å². The number of phenolic OH excluding ortho intramolecular Hbond substituents is 1. The monoisotopic (exact) mass is 302 g/mol. The summed E-state index contributed by atoms with van der Waals surface area (Å²) in [5.74, 6) is 0.489. The third kappa shape index (κ3) is 3.19. The first-order chi connectivity index (χ1) is 10.2. The fourth-order valence-electron chi connectivity index (χ4n) is 1.80. The van der Waals surface area contributed by atoms with Gasteiger partial charge in [0.25, 0.3) is 0 Å². The smallest absolute Gasteiger partial charge is 0.214 e. The molecule has 2 aromatic carbocycles. The number of phenols is 1. The van der Waals surface area contributed by atoms with Crippen LogP contribution in [0.1, 0.15) is 5.56 Å². The van der Waals surface area contributed by atoms with Crippen LogP contribution in [0.15, 0.2) is 53.7 Å². The lowest BCUT2D eigenvalue weighted by atomic mass is 10.2. The Kier molecular flexibility index (Phi) is 3.83. The molecular weight excluding hydrogens is 291 g/mol. The summed E-state index contributed by atoms with van der Waals surface area (Å²) in [6, 6.07) is 13.0. The molecule has 0 aliphatic rings. The summed E-state index contributed by atoms with van der Waals surface area (Å²) in [6.45, 7) is 0. The van der Waals surface area contributed by atoms with E-state index >= 15 is 0 Å². The van der Waals surface area contributed by atoms with Crippen LogP contribution in [0.3, 0.4) is 0 Å². The number of hydrogen-bond donors (Lipinski definition) is 1. The van der Waals surface area contributed by atoms with Gasteiger partial charge in [-0.2, -0.15) is 4.68 Å². The fraction of sp³-hybridized carbons (Fsp3) is 0.0714. The van der Waals surface area contributed by atoms with Crippen LogP contribution in [-0.4, -0.2) is 25.3 Å². The maximum absolute atomic E-state index is 13.1. The molecule has 0 saturated carbocycles. The molecule has 0 aliphatic carbocycles. The Morgan fingerprint density at radius 3 is 2.71 bits per heavy atom. The summed E-state index contributed by atoms with van der Waals surface area (Å²) >= 11 is 1.41. The zero-order chi connectivity index (χ0) is 14.7. The van der Waals surface area contributed by atoms with Crippen LogP contribution in [0.5, 0.6) is 5.75 Å². The second-order valence-corrected chi connectivity index (χ2v) is 5.25. The van der Waals surface area contributed by atoms with E-state index in [2.05, 4.69) is 15.5 Å². The van der Waals surface area contributed by atoms with Gasteiger partial charge in [-0.25, -0.2) is 4.39 Å². The zero-order valence-electron chi connectivity index (χ0n) is 10.8. The van der Waals surface area contributed by atoms with E-state index in [0.29, 0.717) is 10.9 Å². The average molecular weight is 302 g/mol. The molecule has 0 saturated heterocycles. The molecule has 3 aromatic rings. The first-order valence-corrected chi connectivity index (χ1v) is 7.16. The van der Waals surface area contributed by atoms with Crippen LogP contribution < -0.4 is 0 Å². The molecule has 106 valence electrons. The molecule has 21 heavy (non-hydrogen) atoms. The Balaban J connectivity index is 1.78. The first kappa shape index (κ1) is 13.6. The van der Waals surface area contributed by atoms with Gasteiger partial charge < -0.3 is 5.11 Å². The number of aromatic nitrogens is 4. The average Bonchev–Trinajstić information content (AvgIpc) is 2.94. The lowest BCUT2D eigenvalue weighted by Crippen LogP contribution is -1.98. The van der Waals surface area contributed by atoms with Crippen molar-refractivity contribution < 1.29 is 9.50 Å². The van der Waals surface area contributed by atoms with Gasteiger partial charge in [0.05, 0.1) is 5.69 Å². The third-order valence-electron chi connectivity index (χ3n) is 2.79. The predicted molar refractivity (Wildman–Crippen MR) is 76.8 cm³/mol. The fourth-order valence-corrected chi connectivity index (χ4v) is 2.63. The number of thioether (sulfide) groups is 1. The lowest BCUT2D eigenvalue weighted by Gasteiger charge is -2.04. The lowest BCUT2D eigenvalue weighted by molar-refractivity contribution is 0.475. The van der Waals surface area contributed by atoms with Crippen molar-refractivity contribution in [2.75, 3.05) is 0 Å². The van der Waals surface area contributed by atoms with Crippen molar-refractivity contribution in [2.24, 2.45) is 0 Å². The zero-order valence-corrected chi connectivity index (χ0v) is 11.7. The van der Waals surface area contributed by atoms with Crippen LogP contribution in [0.4, 0.5) is 4.39 Å². The molecule has 0 unspecified atom stereocenters. The minimum atomic E-state index is -0.258. The molecule has 0 aliphatic heterocycles. The summed E-state index contributed by atoms with van der Waals surface area (Å²) in [6.07, 6.45) is 0. The van der Waals surface area contributed by atoms with Gasteiger partial charge in [-0.1, -0.05) is 23.9 Å². The van der Waals surface area contributed by atoms with Gasteiger partial charge in [0.1, 0.15) is 11.6 Å². The molecule has 0 atom stereocenters. The molecule has 0 bridgehead atoms. The molecule has 7 heteroatoms. The third-order valence-corrected chi connectivity index (χ3v) is 3.78. The van der Waals surface area contributed by atoms with Gasteiger partial charge in [0.2, 0.25) is 5.16 Å². The van der Waals surface area contributed by atoms with Gasteiger partial charge in [-0.05, 0) is 52.4 Å². The van der Waals surface area contributed by atoms with E-state index in [1.54, 1.807) is 35.0 Å². The second-order valence-electron chi connectivity index (χ2n) is 4.31. The number of aromatic hydroxyl groups is 1. The molecular formula is C14H11FN4OS. The molecule has 1 aromatic heterocycles. The Morgan fingerprint density at radius 2 is 1.95 bits per heavy atom. The molecule has 1 N–H and O–H groups in total. The number of rotatable bonds is 4. The Hall–Kier alpha value is -2.41. The van der Waals surface area contributed by atoms with E-state index in [0.717, 1.165) is 11.3 Å². The minimum Gasteiger partial charge on any atom is -0.508 e. The highest BCUT2D eigenvalue weighted by atomic mass is 32.2. The van der Waals surface area contributed by atoms with Crippen molar-refractivity contribution >= 4 is 11.8 Å². The number of hydrogen-bond acceptors (Lipinski definition) is 5. The highest BCUT2D eigenvalue weighted by Gasteiger charge is 2.09.